The van der Waals surface area contributed by atoms with Crippen LogP contribution in [0.2, 0.25) is 0 Å². The van der Waals surface area contributed by atoms with E-state index in [2.05, 4.69) is 22.4 Å². The molecule has 0 saturated carbocycles. The van der Waals surface area contributed by atoms with Gasteiger partial charge in [-0.3, -0.25) is 0 Å². The van der Waals surface area contributed by atoms with Gasteiger partial charge in [-0.25, -0.2) is 0 Å². The lowest BCUT2D eigenvalue weighted by Gasteiger charge is -2.00. The zero-order valence-corrected chi connectivity index (χ0v) is 13.3. The average molecular weight is 281 g/mol. The fourth-order valence-electron chi connectivity index (χ4n) is 2.32. The summed E-state index contributed by atoms with van der Waals surface area (Å²) in [4.78, 5) is 4.40. The van der Waals surface area contributed by atoms with Gasteiger partial charge in [0.15, 0.2) is 5.82 Å². The van der Waals surface area contributed by atoms with E-state index in [-0.39, 0.29) is 0 Å². The molecule has 0 saturated heterocycles. The van der Waals surface area contributed by atoms with Gasteiger partial charge in [0.05, 0.1) is 0 Å². The van der Waals surface area contributed by atoms with Crippen LogP contribution in [0.15, 0.2) is 4.52 Å². The molecule has 1 rings (SSSR count). The Bertz CT molecular complexity index is 325. The van der Waals surface area contributed by atoms with Gasteiger partial charge in [0.25, 0.3) is 0 Å². The molecule has 4 heteroatoms. The van der Waals surface area contributed by atoms with Crippen molar-refractivity contribution in [3.63, 3.8) is 0 Å². The SMILES string of the molecule is CCCCCCCCCCCc1nc(CCNC)no1. The van der Waals surface area contributed by atoms with Crippen LogP contribution in [0.5, 0.6) is 0 Å². The maximum atomic E-state index is 5.24. The molecule has 0 aliphatic carbocycles. The Morgan fingerprint density at radius 3 is 2.20 bits per heavy atom. The van der Waals surface area contributed by atoms with Gasteiger partial charge >= 0.3 is 0 Å². The molecule has 0 aromatic carbocycles. The Labute approximate surface area is 123 Å². The highest BCUT2D eigenvalue weighted by molar-refractivity contribution is 4.87. The molecule has 1 aromatic heterocycles. The lowest BCUT2D eigenvalue weighted by Crippen LogP contribution is -2.11. The molecule has 4 nitrogen and oxygen atoms in total. The molecule has 20 heavy (non-hydrogen) atoms. The van der Waals surface area contributed by atoms with Gasteiger partial charge in [0.2, 0.25) is 5.89 Å². The largest absolute Gasteiger partial charge is 0.339 e. The number of hydrogen-bond donors (Lipinski definition) is 1. The Balaban J connectivity index is 1.94. The summed E-state index contributed by atoms with van der Waals surface area (Å²) in [5.41, 5.74) is 0. The summed E-state index contributed by atoms with van der Waals surface area (Å²) in [5, 5.41) is 7.07. The highest BCUT2D eigenvalue weighted by Crippen LogP contribution is 2.11. The third kappa shape index (κ3) is 8.31. The Hall–Kier alpha value is -0.900. The van der Waals surface area contributed by atoms with Crippen LogP contribution in [0.3, 0.4) is 0 Å². The highest BCUT2D eigenvalue weighted by atomic mass is 16.5. The number of unbranched alkanes of at least 4 members (excludes halogenated alkanes) is 8. The predicted molar refractivity (Wildman–Crippen MR) is 82.9 cm³/mol. The zero-order chi connectivity index (χ0) is 14.5. The summed E-state index contributed by atoms with van der Waals surface area (Å²) in [6, 6.07) is 0. The van der Waals surface area contributed by atoms with Crippen LogP contribution < -0.4 is 5.32 Å². The first-order chi connectivity index (χ1) is 9.86. The summed E-state index contributed by atoms with van der Waals surface area (Å²) in [6.45, 7) is 3.17. The van der Waals surface area contributed by atoms with E-state index < -0.39 is 0 Å². The van der Waals surface area contributed by atoms with E-state index in [1.165, 1.54) is 57.8 Å². The summed E-state index contributed by atoms with van der Waals surface area (Å²) in [5.74, 6) is 1.63. The maximum absolute atomic E-state index is 5.24. The fraction of sp³-hybridized carbons (Fsp3) is 0.875. The molecule has 0 atom stereocenters. The molecule has 0 amide bonds. The molecular formula is C16H31N3O. The van der Waals surface area contributed by atoms with E-state index >= 15 is 0 Å². The molecule has 1 N–H and O–H groups in total. The van der Waals surface area contributed by atoms with Crippen LogP contribution >= 0.6 is 0 Å². The lowest BCUT2D eigenvalue weighted by molar-refractivity contribution is 0.368. The Kier molecular flexibility index (Phi) is 10.2. The van der Waals surface area contributed by atoms with Crippen molar-refractivity contribution in [2.75, 3.05) is 13.6 Å². The topological polar surface area (TPSA) is 51.0 Å². The molecule has 0 radical (unpaired) electrons. The highest BCUT2D eigenvalue weighted by Gasteiger charge is 2.05. The van der Waals surface area contributed by atoms with Crippen LogP contribution in [0.4, 0.5) is 0 Å². The van der Waals surface area contributed by atoms with Crippen molar-refractivity contribution >= 4 is 0 Å². The second kappa shape index (κ2) is 11.9. The Morgan fingerprint density at radius 2 is 1.55 bits per heavy atom. The van der Waals surface area contributed by atoms with Crippen molar-refractivity contribution in [3.05, 3.63) is 11.7 Å². The van der Waals surface area contributed by atoms with E-state index in [0.29, 0.717) is 0 Å². The van der Waals surface area contributed by atoms with E-state index in [1.54, 1.807) is 0 Å². The van der Waals surface area contributed by atoms with Gasteiger partial charge in [-0.1, -0.05) is 63.4 Å². The number of nitrogens with zero attached hydrogens (tertiary/aromatic N) is 2. The van der Waals surface area contributed by atoms with Gasteiger partial charge in [0, 0.05) is 19.4 Å². The number of aryl methyl sites for hydroxylation is 1. The summed E-state index contributed by atoms with van der Waals surface area (Å²) in [7, 11) is 1.93. The number of hydrogen-bond acceptors (Lipinski definition) is 4. The first-order valence-corrected chi connectivity index (χ1v) is 8.33. The molecule has 1 heterocycles. The lowest BCUT2D eigenvalue weighted by atomic mass is 10.1. The molecule has 1 aromatic rings. The molecular weight excluding hydrogens is 250 g/mol. The van der Waals surface area contributed by atoms with Crippen molar-refractivity contribution in [3.8, 4) is 0 Å². The van der Waals surface area contributed by atoms with Crippen LogP contribution in [-0.4, -0.2) is 23.7 Å². The number of likely N-dealkylation sites (N-methyl/N-ethyl adjacent to an activating group) is 1. The second-order valence-corrected chi connectivity index (χ2v) is 5.54. The first-order valence-electron chi connectivity index (χ1n) is 8.33. The number of rotatable bonds is 13. The van der Waals surface area contributed by atoms with E-state index in [1.807, 2.05) is 7.05 Å². The average Bonchev–Trinajstić information content (AvgIpc) is 2.91. The number of nitrogens with one attached hydrogen (secondary N) is 1. The maximum Gasteiger partial charge on any atom is 0.226 e. The zero-order valence-electron chi connectivity index (χ0n) is 13.3. The summed E-state index contributed by atoms with van der Waals surface area (Å²) in [6.07, 6.45) is 13.9. The normalized spacial score (nSPS) is 11.1. The monoisotopic (exact) mass is 281 g/mol. The molecule has 116 valence electrons. The molecule has 0 unspecified atom stereocenters. The van der Waals surface area contributed by atoms with E-state index in [0.717, 1.165) is 31.1 Å². The first kappa shape index (κ1) is 17.2. The van der Waals surface area contributed by atoms with Crippen LogP contribution in [-0.2, 0) is 12.8 Å². The third-order valence-corrected chi connectivity index (χ3v) is 3.60. The van der Waals surface area contributed by atoms with Crippen LogP contribution in [0, 0.1) is 0 Å². The standard InChI is InChI=1S/C16H31N3O/c1-3-4-5-6-7-8-9-10-11-12-16-18-15(19-20-16)13-14-17-2/h17H,3-14H2,1-2H3. The van der Waals surface area contributed by atoms with E-state index in [4.69, 9.17) is 4.52 Å². The quantitative estimate of drug-likeness (QED) is 0.557. The predicted octanol–water partition coefficient (Wildman–Crippen LogP) is 3.90. The fourth-order valence-corrected chi connectivity index (χ4v) is 2.32. The van der Waals surface area contributed by atoms with Crippen molar-refractivity contribution in [1.29, 1.82) is 0 Å². The van der Waals surface area contributed by atoms with Gasteiger partial charge in [0.1, 0.15) is 0 Å². The third-order valence-electron chi connectivity index (χ3n) is 3.60. The molecule has 0 spiro atoms. The van der Waals surface area contributed by atoms with Crippen molar-refractivity contribution in [1.82, 2.24) is 15.5 Å². The van der Waals surface area contributed by atoms with Crippen molar-refractivity contribution in [2.45, 2.75) is 77.6 Å². The smallest absolute Gasteiger partial charge is 0.226 e. The Morgan fingerprint density at radius 1 is 0.900 bits per heavy atom. The number of aromatic nitrogens is 2. The van der Waals surface area contributed by atoms with Gasteiger partial charge in [-0.2, -0.15) is 4.98 Å². The second-order valence-electron chi connectivity index (χ2n) is 5.54. The summed E-state index contributed by atoms with van der Waals surface area (Å²) >= 11 is 0. The van der Waals surface area contributed by atoms with Gasteiger partial charge < -0.3 is 9.84 Å². The molecule has 0 bridgehead atoms. The molecule has 0 fully saturated rings. The summed E-state index contributed by atoms with van der Waals surface area (Å²) < 4.78 is 5.24. The minimum Gasteiger partial charge on any atom is -0.339 e. The van der Waals surface area contributed by atoms with E-state index in [9.17, 15) is 0 Å². The molecule has 0 aliphatic rings. The minimum atomic E-state index is 0.805. The van der Waals surface area contributed by atoms with Crippen LogP contribution in [0.1, 0.15) is 76.4 Å². The van der Waals surface area contributed by atoms with Gasteiger partial charge in [-0.05, 0) is 13.5 Å². The van der Waals surface area contributed by atoms with Crippen LogP contribution in [0.25, 0.3) is 0 Å². The minimum absolute atomic E-state index is 0.805. The van der Waals surface area contributed by atoms with Crippen molar-refractivity contribution < 1.29 is 4.52 Å². The van der Waals surface area contributed by atoms with Crippen molar-refractivity contribution in [2.24, 2.45) is 0 Å². The van der Waals surface area contributed by atoms with Gasteiger partial charge in [-0.15, -0.1) is 0 Å². The molecule has 0 aliphatic heterocycles.